The van der Waals surface area contributed by atoms with Crippen LogP contribution in [0, 0.1) is 10.1 Å². The second-order valence-corrected chi connectivity index (χ2v) is 9.44. The first-order valence-electron chi connectivity index (χ1n) is 8.11. The fourth-order valence-electron chi connectivity index (χ4n) is 2.72. The molecule has 1 saturated carbocycles. The van der Waals surface area contributed by atoms with E-state index >= 15 is 0 Å². The molecular formula is C15H16F3NO7S2. The summed E-state index contributed by atoms with van der Waals surface area (Å²) in [4.78, 5) is 20.0. The number of ether oxygens (including phenoxy) is 1. The van der Waals surface area contributed by atoms with Gasteiger partial charge in [0.25, 0.3) is 15.5 Å². The van der Waals surface area contributed by atoms with Crippen molar-refractivity contribution in [2.45, 2.75) is 53.5 Å². The van der Waals surface area contributed by atoms with Crippen molar-refractivity contribution >= 4 is 32.3 Å². The molecule has 0 N–H and O–H groups in total. The summed E-state index contributed by atoms with van der Waals surface area (Å²) >= 11 is 0. The summed E-state index contributed by atoms with van der Waals surface area (Å²) in [7, 11) is -8.11. The van der Waals surface area contributed by atoms with Gasteiger partial charge in [-0.05, 0) is 37.8 Å². The Morgan fingerprint density at radius 2 is 1.86 bits per heavy atom. The molecule has 1 aromatic carbocycles. The average Bonchev–Trinajstić information content (AvgIpc) is 2.60. The molecule has 1 fully saturated rings. The molecule has 2 rings (SSSR count). The molecule has 13 heteroatoms. The van der Waals surface area contributed by atoms with Gasteiger partial charge in [0.1, 0.15) is 16.8 Å². The SMILES string of the molecule is O=C(C[S@@](=O)c1ccc(S(=O)(=O)C(F)(F)F)cc1[N+](=O)[O-])OC1CCCCC1. The van der Waals surface area contributed by atoms with Crippen LogP contribution in [-0.4, -0.2) is 40.9 Å². The molecule has 1 aliphatic carbocycles. The van der Waals surface area contributed by atoms with Crippen molar-refractivity contribution in [2.24, 2.45) is 0 Å². The molecule has 28 heavy (non-hydrogen) atoms. The molecule has 0 aromatic heterocycles. The zero-order chi connectivity index (χ0) is 21.1. The maximum absolute atomic E-state index is 12.6. The number of nitrogens with zero attached hydrogens (tertiary/aromatic N) is 1. The first-order valence-corrected chi connectivity index (χ1v) is 10.9. The molecule has 1 aromatic rings. The Morgan fingerprint density at radius 1 is 1.25 bits per heavy atom. The Morgan fingerprint density at radius 3 is 2.39 bits per heavy atom. The van der Waals surface area contributed by atoms with Crippen molar-refractivity contribution in [3.8, 4) is 0 Å². The van der Waals surface area contributed by atoms with Crippen LogP contribution in [0.5, 0.6) is 0 Å². The highest BCUT2D eigenvalue weighted by Gasteiger charge is 2.47. The summed E-state index contributed by atoms with van der Waals surface area (Å²) in [6.07, 6.45) is 3.75. The quantitative estimate of drug-likeness (QED) is 0.376. The van der Waals surface area contributed by atoms with Gasteiger partial charge in [0.2, 0.25) is 0 Å². The molecular weight excluding hydrogens is 427 g/mol. The van der Waals surface area contributed by atoms with E-state index < -0.39 is 58.3 Å². The molecule has 156 valence electrons. The van der Waals surface area contributed by atoms with Gasteiger partial charge in [-0.15, -0.1) is 0 Å². The smallest absolute Gasteiger partial charge is 0.462 e. The number of carbonyl (C=O) groups excluding carboxylic acids is 1. The molecule has 8 nitrogen and oxygen atoms in total. The highest BCUT2D eigenvalue weighted by atomic mass is 32.2. The monoisotopic (exact) mass is 443 g/mol. The Hall–Kier alpha value is -2.02. The number of benzene rings is 1. The lowest BCUT2D eigenvalue weighted by molar-refractivity contribution is -0.388. The molecule has 1 atom stereocenters. The normalized spacial score (nSPS) is 17.1. The number of alkyl halides is 3. The second kappa shape index (κ2) is 8.55. The number of sulfone groups is 1. The topological polar surface area (TPSA) is 121 Å². The van der Waals surface area contributed by atoms with Crippen molar-refractivity contribution in [1.82, 2.24) is 0 Å². The fraction of sp³-hybridized carbons (Fsp3) is 0.533. The highest BCUT2D eigenvalue weighted by Crippen LogP contribution is 2.34. The standard InChI is InChI=1S/C15H16F3NO7S2/c16-15(17,18)28(24,25)11-6-7-13(12(8-11)19(21)22)27(23)9-14(20)26-10-4-2-1-3-5-10/h6-8,10H,1-5,9H2/t27-/m1/s1. The van der Waals surface area contributed by atoms with Gasteiger partial charge in [0.05, 0.1) is 20.6 Å². The molecule has 1 aliphatic rings. The van der Waals surface area contributed by atoms with Crippen LogP contribution >= 0.6 is 0 Å². The van der Waals surface area contributed by atoms with E-state index in [4.69, 9.17) is 4.74 Å². The van der Waals surface area contributed by atoms with Crippen LogP contribution in [0.2, 0.25) is 0 Å². The van der Waals surface area contributed by atoms with Crippen molar-refractivity contribution in [3.05, 3.63) is 28.3 Å². The molecule has 0 unspecified atom stereocenters. The van der Waals surface area contributed by atoms with Crippen LogP contribution in [0.4, 0.5) is 18.9 Å². The van der Waals surface area contributed by atoms with Gasteiger partial charge in [-0.1, -0.05) is 6.42 Å². The number of nitro groups is 1. The van der Waals surface area contributed by atoms with Gasteiger partial charge in [-0.25, -0.2) is 8.42 Å². The summed E-state index contributed by atoms with van der Waals surface area (Å²) in [5.74, 6) is -1.59. The molecule has 0 radical (unpaired) electrons. The maximum atomic E-state index is 12.6. The predicted molar refractivity (Wildman–Crippen MR) is 90.6 cm³/mol. The lowest BCUT2D eigenvalue weighted by Gasteiger charge is -2.21. The summed E-state index contributed by atoms with van der Waals surface area (Å²) in [6.45, 7) is 0. The number of carbonyl (C=O) groups is 1. The minimum atomic E-state index is -5.81. The van der Waals surface area contributed by atoms with Crippen LogP contribution in [0.1, 0.15) is 32.1 Å². The van der Waals surface area contributed by atoms with Gasteiger partial charge in [0.15, 0.2) is 0 Å². The van der Waals surface area contributed by atoms with Crippen molar-refractivity contribution in [2.75, 3.05) is 5.75 Å². The lowest BCUT2D eigenvalue weighted by Crippen LogP contribution is -2.25. The van der Waals surface area contributed by atoms with Gasteiger partial charge in [0, 0.05) is 6.07 Å². The lowest BCUT2D eigenvalue weighted by atomic mass is 9.98. The van der Waals surface area contributed by atoms with Crippen LogP contribution < -0.4 is 0 Å². The van der Waals surface area contributed by atoms with Gasteiger partial charge in [-0.3, -0.25) is 19.1 Å². The third-order valence-corrected chi connectivity index (χ3v) is 6.90. The number of hydrogen-bond donors (Lipinski definition) is 0. The van der Waals surface area contributed by atoms with E-state index in [-0.39, 0.29) is 12.2 Å². The largest absolute Gasteiger partial charge is 0.501 e. The summed E-state index contributed by atoms with van der Waals surface area (Å²) in [5, 5.41) is 11.1. The third kappa shape index (κ3) is 5.07. The molecule has 0 saturated heterocycles. The third-order valence-electron chi connectivity index (χ3n) is 4.09. The molecule has 0 spiro atoms. The minimum Gasteiger partial charge on any atom is -0.462 e. The van der Waals surface area contributed by atoms with E-state index in [1.165, 1.54) is 0 Å². The Labute approximate surface area is 160 Å². The van der Waals surface area contributed by atoms with E-state index in [1.807, 2.05) is 0 Å². The first-order chi connectivity index (χ1) is 12.9. The number of rotatable bonds is 6. The minimum absolute atomic E-state index is 0.183. The van der Waals surface area contributed by atoms with Crippen LogP contribution in [0.3, 0.4) is 0 Å². The second-order valence-electron chi connectivity index (χ2n) is 6.08. The summed E-state index contributed by atoms with van der Waals surface area (Å²) < 4.78 is 78.2. The Kier molecular flexibility index (Phi) is 6.80. The van der Waals surface area contributed by atoms with E-state index in [9.17, 15) is 40.7 Å². The number of halogens is 3. The Bertz CT molecular complexity index is 893. The number of nitro benzene ring substituents is 1. The number of esters is 1. The Balaban J connectivity index is 2.23. The zero-order valence-electron chi connectivity index (χ0n) is 14.3. The fourth-order valence-corrected chi connectivity index (χ4v) is 4.53. The van der Waals surface area contributed by atoms with E-state index in [0.29, 0.717) is 25.0 Å². The summed E-state index contributed by atoms with van der Waals surface area (Å²) in [6, 6.07) is 1.29. The highest BCUT2D eigenvalue weighted by molar-refractivity contribution is 7.92. The average molecular weight is 443 g/mol. The van der Waals surface area contributed by atoms with Gasteiger partial charge in [-0.2, -0.15) is 13.2 Å². The van der Waals surface area contributed by atoms with Crippen molar-refractivity contribution in [1.29, 1.82) is 0 Å². The zero-order valence-corrected chi connectivity index (χ0v) is 15.9. The molecule has 0 heterocycles. The van der Waals surface area contributed by atoms with Crippen LogP contribution in [-0.2, 0) is 30.2 Å². The summed E-state index contributed by atoms with van der Waals surface area (Å²) in [5.41, 5.74) is -6.74. The first kappa shape index (κ1) is 22.3. The van der Waals surface area contributed by atoms with Crippen LogP contribution in [0.25, 0.3) is 0 Å². The maximum Gasteiger partial charge on any atom is 0.501 e. The van der Waals surface area contributed by atoms with E-state index in [1.54, 1.807) is 0 Å². The van der Waals surface area contributed by atoms with Gasteiger partial charge >= 0.3 is 11.5 Å². The molecule has 0 amide bonds. The van der Waals surface area contributed by atoms with Crippen molar-refractivity contribution in [3.63, 3.8) is 0 Å². The number of hydrogen-bond acceptors (Lipinski definition) is 7. The predicted octanol–water partition coefficient (Wildman–Crippen LogP) is 2.87. The molecule has 0 aliphatic heterocycles. The van der Waals surface area contributed by atoms with Crippen LogP contribution in [0.15, 0.2) is 28.0 Å². The van der Waals surface area contributed by atoms with Gasteiger partial charge < -0.3 is 4.74 Å². The van der Waals surface area contributed by atoms with Crippen molar-refractivity contribution < 1.29 is 40.3 Å². The van der Waals surface area contributed by atoms with E-state index in [0.717, 1.165) is 19.3 Å². The molecule has 0 bridgehead atoms. The van der Waals surface area contributed by atoms with E-state index in [2.05, 4.69) is 0 Å².